The van der Waals surface area contributed by atoms with E-state index in [1.807, 2.05) is 0 Å². The molecular weight excluding hydrogens is 192 g/mol. The van der Waals surface area contributed by atoms with Crippen molar-refractivity contribution in [3.63, 3.8) is 0 Å². The topological polar surface area (TPSA) is 42.1 Å². The molecule has 3 atom stereocenters. The van der Waals surface area contributed by atoms with Crippen LogP contribution in [0.1, 0.15) is 32.6 Å². The van der Waals surface area contributed by atoms with Gasteiger partial charge in [0.15, 0.2) is 11.4 Å². The van der Waals surface area contributed by atoms with Gasteiger partial charge in [-0.3, -0.25) is 4.79 Å². The second-order valence-electron chi connectivity index (χ2n) is 4.82. The van der Waals surface area contributed by atoms with Crippen LogP contribution in [0.5, 0.6) is 0 Å². The lowest BCUT2D eigenvalue weighted by molar-refractivity contribution is -0.124. The molecule has 3 nitrogen and oxygen atoms in total. The third kappa shape index (κ3) is 1.54. The summed E-state index contributed by atoms with van der Waals surface area (Å²) < 4.78 is 10.9. The summed E-state index contributed by atoms with van der Waals surface area (Å²) in [6.45, 7) is 2.71. The fourth-order valence-corrected chi connectivity index (χ4v) is 2.47. The van der Waals surface area contributed by atoms with Crippen molar-refractivity contribution in [1.82, 2.24) is 0 Å². The number of carbonyl (C=O) groups is 1. The van der Waals surface area contributed by atoms with Crippen molar-refractivity contribution in [3.05, 3.63) is 11.6 Å². The molecule has 3 heteroatoms. The van der Waals surface area contributed by atoms with Gasteiger partial charge in [-0.1, -0.05) is 11.6 Å². The number of allylic oxidation sites excluding steroid dienone is 2. The van der Waals surface area contributed by atoms with Gasteiger partial charge in [-0.15, -0.1) is 0 Å². The number of Topliss-reactive ketones (excluding diaryl/α,β-unsaturated/α-hetero) is 1. The predicted molar refractivity (Wildman–Crippen MR) is 54.6 cm³/mol. The Balaban J connectivity index is 1.78. The van der Waals surface area contributed by atoms with Crippen molar-refractivity contribution >= 4 is 5.78 Å². The molecule has 82 valence electrons. The maximum atomic E-state index is 11.9. The molecule has 0 radical (unpaired) electrons. The third-order valence-corrected chi connectivity index (χ3v) is 3.66. The lowest BCUT2D eigenvalue weighted by atomic mass is 9.92. The summed E-state index contributed by atoms with van der Waals surface area (Å²) in [6.07, 6.45) is 6.08. The van der Waals surface area contributed by atoms with Gasteiger partial charge in [-0.25, -0.2) is 0 Å². The maximum Gasteiger partial charge on any atom is 0.178 e. The molecule has 0 bridgehead atoms. The molecule has 1 spiro atoms. The van der Waals surface area contributed by atoms with E-state index in [2.05, 4.69) is 13.0 Å². The Kier molecular flexibility index (Phi) is 2.01. The molecule has 3 rings (SSSR count). The molecule has 2 heterocycles. The SMILES string of the molecule is CC1=CCCC(=O)[C@@]2(CO2)[C@@H]2O[C@@H]2CC1. The first-order chi connectivity index (χ1) is 7.22. The van der Waals surface area contributed by atoms with Crippen LogP contribution in [0.3, 0.4) is 0 Å². The van der Waals surface area contributed by atoms with Crippen LogP contribution in [0, 0.1) is 0 Å². The van der Waals surface area contributed by atoms with E-state index in [-0.39, 0.29) is 18.0 Å². The van der Waals surface area contributed by atoms with E-state index in [4.69, 9.17) is 9.47 Å². The van der Waals surface area contributed by atoms with Crippen LogP contribution in [-0.2, 0) is 14.3 Å². The summed E-state index contributed by atoms with van der Waals surface area (Å²) in [7, 11) is 0. The van der Waals surface area contributed by atoms with Crippen molar-refractivity contribution in [3.8, 4) is 0 Å². The summed E-state index contributed by atoms with van der Waals surface area (Å²) >= 11 is 0. The first-order valence-electron chi connectivity index (χ1n) is 5.71. The minimum Gasteiger partial charge on any atom is -0.366 e. The summed E-state index contributed by atoms with van der Waals surface area (Å²) in [6, 6.07) is 0. The highest BCUT2D eigenvalue weighted by Gasteiger charge is 2.67. The second kappa shape index (κ2) is 3.16. The minimum absolute atomic E-state index is 0.0656. The van der Waals surface area contributed by atoms with Crippen LogP contribution < -0.4 is 0 Å². The molecule has 2 fully saturated rings. The zero-order chi connectivity index (χ0) is 10.5. The zero-order valence-electron chi connectivity index (χ0n) is 8.99. The van der Waals surface area contributed by atoms with Gasteiger partial charge in [0.25, 0.3) is 0 Å². The minimum atomic E-state index is -0.524. The van der Waals surface area contributed by atoms with Crippen molar-refractivity contribution in [2.24, 2.45) is 0 Å². The third-order valence-electron chi connectivity index (χ3n) is 3.66. The Labute approximate surface area is 89.4 Å². The normalized spacial score (nSPS) is 44.6. The van der Waals surface area contributed by atoms with Crippen molar-refractivity contribution in [2.45, 2.75) is 50.4 Å². The molecule has 0 N–H and O–H groups in total. The van der Waals surface area contributed by atoms with Gasteiger partial charge in [0, 0.05) is 6.42 Å². The first kappa shape index (κ1) is 9.55. The summed E-state index contributed by atoms with van der Waals surface area (Å²) in [5.74, 6) is 0.237. The van der Waals surface area contributed by atoms with Crippen molar-refractivity contribution in [1.29, 1.82) is 0 Å². The number of rotatable bonds is 0. The number of hydrogen-bond donors (Lipinski definition) is 0. The lowest BCUT2D eigenvalue weighted by Crippen LogP contribution is -2.32. The molecule has 2 saturated heterocycles. The van der Waals surface area contributed by atoms with Crippen LogP contribution in [-0.4, -0.2) is 30.2 Å². The van der Waals surface area contributed by atoms with E-state index >= 15 is 0 Å². The molecule has 0 aromatic carbocycles. The molecule has 0 aromatic rings. The standard InChI is InChI=1S/C12H16O3/c1-8-3-2-4-10(13)12(7-14-12)11-9(15-11)6-5-8/h3,9,11H,2,4-7H2,1H3/t9-,11-,12+/m1/s1. The quantitative estimate of drug-likeness (QED) is 0.448. The Morgan fingerprint density at radius 3 is 3.00 bits per heavy atom. The van der Waals surface area contributed by atoms with E-state index in [1.165, 1.54) is 5.57 Å². The second-order valence-corrected chi connectivity index (χ2v) is 4.82. The number of epoxide rings is 2. The lowest BCUT2D eigenvalue weighted by Gasteiger charge is -2.09. The molecule has 1 aliphatic carbocycles. The van der Waals surface area contributed by atoms with Gasteiger partial charge < -0.3 is 9.47 Å². The highest BCUT2D eigenvalue weighted by atomic mass is 16.7. The van der Waals surface area contributed by atoms with E-state index in [0.29, 0.717) is 13.0 Å². The molecule has 15 heavy (non-hydrogen) atoms. The molecule has 2 aliphatic heterocycles. The average molecular weight is 208 g/mol. The fourth-order valence-electron chi connectivity index (χ4n) is 2.47. The van der Waals surface area contributed by atoms with Gasteiger partial charge in [0.1, 0.15) is 6.10 Å². The van der Waals surface area contributed by atoms with E-state index in [9.17, 15) is 4.79 Å². The van der Waals surface area contributed by atoms with E-state index in [0.717, 1.165) is 19.3 Å². The maximum absolute atomic E-state index is 11.9. The van der Waals surface area contributed by atoms with Gasteiger partial charge >= 0.3 is 0 Å². The predicted octanol–water partition coefficient (Wildman–Crippen LogP) is 1.61. The number of fused-ring (bicyclic) bond motifs is 2. The van der Waals surface area contributed by atoms with Gasteiger partial charge in [-0.05, 0) is 26.2 Å². The van der Waals surface area contributed by atoms with Crippen LogP contribution in [0.4, 0.5) is 0 Å². The number of carbonyl (C=O) groups excluding carboxylic acids is 1. The molecular formula is C12H16O3. The monoisotopic (exact) mass is 208 g/mol. The number of hydrogen-bond acceptors (Lipinski definition) is 3. The molecule has 0 saturated carbocycles. The van der Waals surface area contributed by atoms with E-state index in [1.54, 1.807) is 0 Å². The number of ether oxygens (including phenoxy) is 2. The van der Waals surface area contributed by atoms with Gasteiger partial charge in [0.2, 0.25) is 0 Å². The largest absolute Gasteiger partial charge is 0.366 e. The Hall–Kier alpha value is -0.670. The zero-order valence-corrected chi connectivity index (χ0v) is 8.99. The fraction of sp³-hybridized carbons (Fsp3) is 0.750. The van der Waals surface area contributed by atoms with Gasteiger partial charge in [0.05, 0.1) is 12.7 Å². The highest BCUT2D eigenvalue weighted by Crippen LogP contribution is 2.47. The molecule has 0 aromatic heterocycles. The van der Waals surface area contributed by atoms with Crippen molar-refractivity contribution in [2.75, 3.05) is 6.61 Å². The van der Waals surface area contributed by atoms with Crippen LogP contribution in [0.2, 0.25) is 0 Å². The summed E-state index contributed by atoms with van der Waals surface area (Å²) in [5, 5.41) is 0. The summed E-state index contributed by atoms with van der Waals surface area (Å²) in [5.41, 5.74) is 0.855. The van der Waals surface area contributed by atoms with E-state index < -0.39 is 5.60 Å². The van der Waals surface area contributed by atoms with Crippen molar-refractivity contribution < 1.29 is 14.3 Å². The number of ketones is 1. The Morgan fingerprint density at radius 1 is 1.47 bits per heavy atom. The Morgan fingerprint density at radius 2 is 2.27 bits per heavy atom. The first-order valence-corrected chi connectivity index (χ1v) is 5.71. The molecule has 0 unspecified atom stereocenters. The smallest absolute Gasteiger partial charge is 0.178 e. The highest BCUT2D eigenvalue weighted by molar-refractivity contribution is 5.91. The molecule has 3 aliphatic rings. The van der Waals surface area contributed by atoms with Gasteiger partial charge in [-0.2, -0.15) is 0 Å². The van der Waals surface area contributed by atoms with Crippen LogP contribution in [0.25, 0.3) is 0 Å². The van der Waals surface area contributed by atoms with Crippen LogP contribution in [0.15, 0.2) is 11.6 Å². The molecule has 0 amide bonds. The Bertz CT molecular complexity index is 328. The average Bonchev–Trinajstić information content (AvgIpc) is 3.07. The summed E-state index contributed by atoms with van der Waals surface area (Å²) in [4.78, 5) is 11.9. The van der Waals surface area contributed by atoms with Crippen LogP contribution >= 0.6 is 0 Å².